The first-order valence-corrected chi connectivity index (χ1v) is 3.90. The van der Waals surface area contributed by atoms with E-state index < -0.39 is 0 Å². The molecule has 0 amide bonds. The van der Waals surface area contributed by atoms with Crippen LogP contribution < -0.4 is 0 Å². The van der Waals surface area contributed by atoms with Crippen LogP contribution in [0.3, 0.4) is 0 Å². The summed E-state index contributed by atoms with van der Waals surface area (Å²) in [6.07, 6.45) is 3.72. The summed E-state index contributed by atoms with van der Waals surface area (Å²) >= 11 is 0. The van der Waals surface area contributed by atoms with Crippen molar-refractivity contribution in [1.82, 2.24) is 0 Å². The Bertz CT molecular complexity index is 82.0. The first-order valence-electron chi connectivity index (χ1n) is 3.90. The molecule has 9 heavy (non-hydrogen) atoms. The minimum absolute atomic E-state index is 0.736. The Labute approximate surface area is 59.0 Å². The van der Waals surface area contributed by atoms with E-state index in [0.29, 0.717) is 0 Å². The van der Waals surface area contributed by atoms with Gasteiger partial charge in [-0.1, -0.05) is 39.3 Å². The highest BCUT2D eigenvalue weighted by molar-refractivity contribution is 4.97. The maximum absolute atomic E-state index is 3.99. The van der Waals surface area contributed by atoms with Crippen LogP contribution in [0.15, 0.2) is 12.2 Å². The molecule has 0 spiro atoms. The number of allylic oxidation sites excluding steroid dienone is 1. The molecule has 0 aromatic rings. The fourth-order valence-corrected chi connectivity index (χ4v) is 0.986. The lowest BCUT2D eigenvalue weighted by Gasteiger charge is -2.10. The summed E-state index contributed by atoms with van der Waals surface area (Å²) < 4.78 is 0. The molecule has 0 aromatic carbocycles. The Kier molecular flexibility index (Phi) is 4.47. The van der Waals surface area contributed by atoms with Gasteiger partial charge in [0.05, 0.1) is 0 Å². The van der Waals surface area contributed by atoms with Crippen molar-refractivity contribution >= 4 is 0 Å². The predicted molar refractivity (Wildman–Crippen MR) is 43.5 cm³/mol. The molecule has 0 bridgehead atoms. The lowest BCUT2D eigenvalue weighted by atomic mass is 9.96. The minimum Gasteiger partial charge on any atom is -0.0996 e. The molecule has 0 radical (unpaired) electrons. The second-order valence-electron chi connectivity index (χ2n) is 2.70. The first kappa shape index (κ1) is 8.74. The fraction of sp³-hybridized carbons (Fsp3) is 0.778. The average molecular weight is 126 g/mol. The summed E-state index contributed by atoms with van der Waals surface area (Å²) in [6.45, 7) is 10.6. The van der Waals surface area contributed by atoms with Gasteiger partial charge in [0.25, 0.3) is 0 Å². The van der Waals surface area contributed by atoms with Gasteiger partial charge in [0, 0.05) is 0 Å². The van der Waals surface area contributed by atoms with E-state index in [4.69, 9.17) is 0 Å². The van der Waals surface area contributed by atoms with E-state index >= 15 is 0 Å². The van der Waals surface area contributed by atoms with E-state index in [2.05, 4.69) is 27.4 Å². The van der Waals surface area contributed by atoms with Gasteiger partial charge in [0.1, 0.15) is 0 Å². The molecule has 1 unspecified atom stereocenters. The van der Waals surface area contributed by atoms with Crippen LogP contribution in [0, 0.1) is 5.92 Å². The Morgan fingerprint density at radius 2 is 2.00 bits per heavy atom. The summed E-state index contributed by atoms with van der Waals surface area (Å²) in [5.74, 6) is 0.736. The van der Waals surface area contributed by atoms with Gasteiger partial charge in [-0.15, -0.1) is 0 Å². The van der Waals surface area contributed by atoms with Gasteiger partial charge in [-0.05, 0) is 18.8 Å². The Morgan fingerprint density at radius 1 is 1.44 bits per heavy atom. The average Bonchev–Trinajstić information content (AvgIpc) is 1.87. The third-order valence-electron chi connectivity index (χ3n) is 1.87. The normalized spacial score (nSPS) is 13.2. The quantitative estimate of drug-likeness (QED) is 0.506. The molecule has 0 aliphatic carbocycles. The summed E-state index contributed by atoms with van der Waals surface area (Å²) in [5.41, 5.74) is 1.40. The Balaban J connectivity index is 3.45. The summed E-state index contributed by atoms with van der Waals surface area (Å²) in [5, 5.41) is 0. The molecule has 0 aliphatic rings. The van der Waals surface area contributed by atoms with Crippen LogP contribution in [-0.2, 0) is 0 Å². The van der Waals surface area contributed by atoms with Crippen molar-refractivity contribution in [3.63, 3.8) is 0 Å². The molecular weight excluding hydrogens is 108 g/mol. The van der Waals surface area contributed by atoms with Gasteiger partial charge >= 0.3 is 0 Å². The van der Waals surface area contributed by atoms with E-state index in [1.54, 1.807) is 0 Å². The van der Waals surface area contributed by atoms with Crippen LogP contribution in [0.1, 0.15) is 40.0 Å². The molecule has 1 atom stereocenters. The third kappa shape index (κ3) is 3.34. The summed E-state index contributed by atoms with van der Waals surface area (Å²) in [7, 11) is 0. The molecule has 0 fully saturated rings. The molecule has 0 heteroatoms. The highest BCUT2D eigenvalue weighted by Gasteiger charge is 2.01. The molecule has 0 heterocycles. The molecule has 0 aliphatic heterocycles. The van der Waals surface area contributed by atoms with Crippen molar-refractivity contribution in [2.24, 2.45) is 5.92 Å². The van der Waals surface area contributed by atoms with Crippen molar-refractivity contribution in [3.8, 4) is 0 Å². The summed E-state index contributed by atoms with van der Waals surface area (Å²) in [4.78, 5) is 0. The maximum atomic E-state index is 3.99. The van der Waals surface area contributed by atoms with E-state index in [1.807, 2.05) is 0 Å². The topological polar surface area (TPSA) is 0 Å². The fourth-order valence-electron chi connectivity index (χ4n) is 0.986. The molecule has 0 saturated heterocycles. The molecule has 0 aromatic heterocycles. The maximum Gasteiger partial charge on any atom is -0.0235 e. The SMILES string of the molecule is C=C(CC)C(C)CCC. The monoisotopic (exact) mass is 126 g/mol. The van der Waals surface area contributed by atoms with Crippen molar-refractivity contribution in [2.45, 2.75) is 40.0 Å². The number of hydrogen-bond donors (Lipinski definition) is 0. The van der Waals surface area contributed by atoms with E-state index in [9.17, 15) is 0 Å². The Morgan fingerprint density at radius 3 is 2.33 bits per heavy atom. The van der Waals surface area contributed by atoms with Crippen molar-refractivity contribution < 1.29 is 0 Å². The van der Waals surface area contributed by atoms with Gasteiger partial charge in [0.2, 0.25) is 0 Å². The highest BCUT2D eigenvalue weighted by Crippen LogP contribution is 2.16. The number of rotatable bonds is 4. The van der Waals surface area contributed by atoms with Gasteiger partial charge in [-0.25, -0.2) is 0 Å². The lowest BCUT2D eigenvalue weighted by Crippen LogP contribution is -1.95. The third-order valence-corrected chi connectivity index (χ3v) is 1.87. The molecular formula is C9H18. The predicted octanol–water partition coefficient (Wildman–Crippen LogP) is 3.39. The van der Waals surface area contributed by atoms with Crippen LogP contribution in [-0.4, -0.2) is 0 Å². The van der Waals surface area contributed by atoms with Crippen molar-refractivity contribution in [3.05, 3.63) is 12.2 Å². The van der Waals surface area contributed by atoms with Gasteiger partial charge in [0.15, 0.2) is 0 Å². The molecule has 54 valence electrons. The first-order chi connectivity index (χ1) is 4.22. The molecule has 0 saturated carbocycles. The highest BCUT2D eigenvalue weighted by atomic mass is 14.1. The van der Waals surface area contributed by atoms with E-state index in [1.165, 1.54) is 18.4 Å². The van der Waals surface area contributed by atoms with Gasteiger partial charge < -0.3 is 0 Å². The van der Waals surface area contributed by atoms with Crippen molar-refractivity contribution in [1.29, 1.82) is 0 Å². The Hall–Kier alpha value is -0.260. The standard InChI is InChI=1S/C9H18/c1-5-7-9(4)8(3)6-2/h9H,3,5-7H2,1-2,4H3. The second kappa shape index (κ2) is 4.60. The van der Waals surface area contributed by atoms with Crippen LogP contribution in [0.25, 0.3) is 0 Å². The van der Waals surface area contributed by atoms with Gasteiger partial charge in [-0.2, -0.15) is 0 Å². The zero-order valence-electron chi connectivity index (χ0n) is 6.91. The lowest BCUT2D eigenvalue weighted by molar-refractivity contribution is 0.588. The van der Waals surface area contributed by atoms with Crippen LogP contribution in [0.2, 0.25) is 0 Å². The zero-order valence-corrected chi connectivity index (χ0v) is 6.91. The minimum atomic E-state index is 0.736. The largest absolute Gasteiger partial charge is 0.0996 e. The van der Waals surface area contributed by atoms with Gasteiger partial charge in [-0.3, -0.25) is 0 Å². The molecule has 0 rings (SSSR count). The van der Waals surface area contributed by atoms with Crippen LogP contribution in [0.4, 0.5) is 0 Å². The van der Waals surface area contributed by atoms with Crippen LogP contribution in [0.5, 0.6) is 0 Å². The summed E-state index contributed by atoms with van der Waals surface area (Å²) in [6, 6.07) is 0. The van der Waals surface area contributed by atoms with E-state index in [0.717, 1.165) is 12.3 Å². The number of hydrogen-bond acceptors (Lipinski definition) is 0. The van der Waals surface area contributed by atoms with Crippen molar-refractivity contribution in [2.75, 3.05) is 0 Å². The van der Waals surface area contributed by atoms with Crippen LogP contribution >= 0.6 is 0 Å². The molecule has 0 nitrogen and oxygen atoms in total. The smallest absolute Gasteiger partial charge is 0.0235 e. The van der Waals surface area contributed by atoms with E-state index in [-0.39, 0.29) is 0 Å². The molecule has 0 N–H and O–H groups in total. The second-order valence-corrected chi connectivity index (χ2v) is 2.70. The zero-order chi connectivity index (χ0) is 7.28.